The number of anilines is 2. The Balaban J connectivity index is 2.43. The number of ether oxygens (including phenoxy) is 1. The minimum Gasteiger partial charge on any atom is -0.545 e. The molecule has 1 amide bonds. The monoisotopic (exact) mass is 377 g/mol. The molecule has 0 aliphatic heterocycles. The van der Waals surface area contributed by atoms with Crippen LogP contribution in [0, 0.1) is 6.92 Å². The van der Waals surface area contributed by atoms with Crippen molar-refractivity contribution in [2.75, 3.05) is 17.1 Å². The Morgan fingerprint density at radius 1 is 1.08 bits per heavy atom. The van der Waals surface area contributed by atoms with E-state index in [1.165, 1.54) is 50.4 Å². The van der Waals surface area contributed by atoms with Gasteiger partial charge in [-0.25, -0.2) is 8.42 Å². The summed E-state index contributed by atoms with van der Waals surface area (Å²) in [5.74, 6) is -1.50. The average Bonchev–Trinajstić information content (AvgIpc) is 2.55. The lowest BCUT2D eigenvalue weighted by molar-refractivity contribution is -0.255. The molecule has 0 saturated carbocycles. The van der Waals surface area contributed by atoms with Crippen LogP contribution in [0.15, 0.2) is 41.3 Å². The summed E-state index contributed by atoms with van der Waals surface area (Å²) in [5, 5.41) is 13.5. The number of hydrogen-bond donors (Lipinski definition) is 2. The Bertz CT molecular complexity index is 969. The number of hydrogen-bond acceptors (Lipinski definition) is 6. The number of amides is 1. The van der Waals surface area contributed by atoms with E-state index in [-0.39, 0.29) is 27.7 Å². The number of aryl methyl sites for hydroxylation is 1. The van der Waals surface area contributed by atoms with E-state index in [0.717, 1.165) is 0 Å². The van der Waals surface area contributed by atoms with Crippen LogP contribution in [0.2, 0.25) is 0 Å². The third-order valence-corrected chi connectivity index (χ3v) is 4.87. The first kappa shape index (κ1) is 19.3. The van der Waals surface area contributed by atoms with Crippen molar-refractivity contribution in [3.8, 4) is 5.75 Å². The molecule has 2 aromatic carbocycles. The van der Waals surface area contributed by atoms with Crippen molar-refractivity contribution < 1.29 is 27.9 Å². The first-order valence-electron chi connectivity index (χ1n) is 7.44. The molecule has 138 valence electrons. The van der Waals surface area contributed by atoms with Gasteiger partial charge < -0.3 is 20.0 Å². The van der Waals surface area contributed by atoms with E-state index in [1.807, 2.05) is 0 Å². The van der Waals surface area contributed by atoms with Gasteiger partial charge in [-0.2, -0.15) is 0 Å². The van der Waals surface area contributed by atoms with Crippen LogP contribution in [0.25, 0.3) is 0 Å². The Morgan fingerprint density at radius 2 is 1.77 bits per heavy atom. The van der Waals surface area contributed by atoms with Gasteiger partial charge in [-0.1, -0.05) is 12.1 Å². The van der Waals surface area contributed by atoms with Gasteiger partial charge in [-0.15, -0.1) is 0 Å². The third-order valence-electron chi connectivity index (χ3n) is 3.51. The molecule has 8 nitrogen and oxygen atoms in total. The maximum Gasteiger partial charge on any atom is 0.261 e. The van der Waals surface area contributed by atoms with E-state index in [4.69, 9.17) is 4.74 Å². The molecule has 0 atom stereocenters. The number of carbonyl (C=O) groups excluding carboxylic acids is 2. The molecule has 2 N–H and O–H groups in total. The number of rotatable bonds is 6. The third kappa shape index (κ3) is 4.31. The second-order valence-electron chi connectivity index (χ2n) is 5.47. The fourth-order valence-corrected chi connectivity index (χ4v) is 3.35. The first-order chi connectivity index (χ1) is 12.1. The van der Waals surface area contributed by atoms with Crippen LogP contribution in [-0.2, 0) is 14.8 Å². The van der Waals surface area contributed by atoms with E-state index >= 15 is 0 Å². The van der Waals surface area contributed by atoms with Crippen LogP contribution in [-0.4, -0.2) is 27.4 Å². The van der Waals surface area contributed by atoms with Gasteiger partial charge in [0.15, 0.2) is 0 Å². The lowest BCUT2D eigenvalue weighted by Gasteiger charge is -2.15. The Kier molecular flexibility index (Phi) is 5.51. The number of carbonyl (C=O) groups is 2. The van der Waals surface area contributed by atoms with Gasteiger partial charge in [0.1, 0.15) is 5.75 Å². The summed E-state index contributed by atoms with van der Waals surface area (Å²) in [6, 6.07) is 7.94. The van der Waals surface area contributed by atoms with Crippen molar-refractivity contribution in [1.82, 2.24) is 0 Å². The zero-order valence-electron chi connectivity index (χ0n) is 14.3. The lowest BCUT2D eigenvalue weighted by Crippen LogP contribution is -2.22. The van der Waals surface area contributed by atoms with E-state index in [1.54, 1.807) is 6.92 Å². The van der Waals surface area contributed by atoms with E-state index in [0.29, 0.717) is 11.3 Å². The quantitative estimate of drug-likeness (QED) is 0.777. The van der Waals surface area contributed by atoms with Crippen molar-refractivity contribution in [1.29, 1.82) is 0 Å². The molecule has 9 heteroatoms. The molecule has 0 fully saturated rings. The SMILES string of the molecule is COc1ccc(S(=O)(=O)Nc2cc(C(=O)[O-])ccc2C)cc1NC(C)=O. The predicted octanol–water partition coefficient (Wildman–Crippen LogP) is 1.13. The van der Waals surface area contributed by atoms with Gasteiger partial charge in [0.2, 0.25) is 5.91 Å². The molecule has 0 saturated heterocycles. The molecule has 0 unspecified atom stereocenters. The summed E-state index contributed by atoms with van der Waals surface area (Å²) in [6.45, 7) is 2.92. The second kappa shape index (κ2) is 7.44. The number of carboxylic acids is 1. The van der Waals surface area contributed by atoms with E-state index < -0.39 is 16.0 Å². The van der Waals surface area contributed by atoms with E-state index in [9.17, 15) is 23.1 Å². The van der Waals surface area contributed by atoms with Crippen LogP contribution in [0.5, 0.6) is 5.75 Å². The molecule has 0 spiro atoms. The first-order valence-corrected chi connectivity index (χ1v) is 8.93. The van der Waals surface area contributed by atoms with Crippen LogP contribution in [0.4, 0.5) is 11.4 Å². The Labute approximate surface area is 150 Å². The fraction of sp³-hybridized carbons (Fsp3) is 0.176. The van der Waals surface area contributed by atoms with Gasteiger partial charge >= 0.3 is 0 Å². The summed E-state index contributed by atoms with van der Waals surface area (Å²) in [7, 11) is -2.64. The van der Waals surface area contributed by atoms with Crippen LogP contribution in [0.1, 0.15) is 22.8 Å². The predicted molar refractivity (Wildman–Crippen MR) is 93.6 cm³/mol. The van der Waals surface area contributed by atoms with Crippen LogP contribution >= 0.6 is 0 Å². The highest BCUT2D eigenvalue weighted by molar-refractivity contribution is 7.92. The number of sulfonamides is 1. The summed E-state index contributed by atoms with van der Waals surface area (Å²) in [4.78, 5) is 22.1. The molecule has 2 rings (SSSR count). The number of benzene rings is 2. The van der Waals surface area contributed by atoms with Crippen molar-refractivity contribution in [3.63, 3.8) is 0 Å². The highest BCUT2D eigenvalue weighted by Crippen LogP contribution is 2.29. The minimum absolute atomic E-state index is 0.114. The minimum atomic E-state index is -4.03. The van der Waals surface area contributed by atoms with Gasteiger partial charge in [-0.3, -0.25) is 9.52 Å². The van der Waals surface area contributed by atoms with Crippen molar-refractivity contribution in [3.05, 3.63) is 47.5 Å². The standard InChI is InChI=1S/C17H18N2O6S/c1-10-4-5-12(17(21)22)8-14(10)19-26(23,24)13-6-7-16(25-3)15(9-13)18-11(2)20/h4-9,19H,1-3H3,(H,18,20)(H,21,22)/p-1. The van der Waals surface area contributed by atoms with Gasteiger partial charge in [-0.05, 0) is 42.3 Å². The molecule has 0 heterocycles. The molecular formula is C17H17N2O6S-. The number of aromatic carboxylic acids is 1. The lowest BCUT2D eigenvalue weighted by atomic mass is 10.1. The second-order valence-corrected chi connectivity index (χ2v) is 7.15. The largest absolute Gasteiger partial charge is 0.545 e. The molecule has 2 aromatic rings. The number of methoxy groups -OCH3 is 1. The van der Waals surface area contributed by atoms with E-state index in [2.05, 4.69) is 10.0 Å². The Hall–Kier alpha value is -3.07. The fourth-order valence-electron chi connectivity index (χ4n) is 2.20. The summed E-state index contributed by atoms with van der Waals surface area (Å²) >= 11 is 0. The van der Waals surface area contributed by atoms with Gasteiger partial charge in [0.25, 0.3) is 10.0 Å². The van der Waals surface area contributed by atoms with Gasteiger partial charge in [0, 0.05) is 6.92 Å². The maximum atomic E-state index is 12.6. The molecule has 0 aliphatic rings. The maximum absolute atomic E-state index is 12.6. The molecule has 0 aromatic heterocycles. The zero-order valence-corrected chi connectivity index (χ0v) is 15.1. The highest BCUT2D eigenvalue weighted by Gasteiger charge is 2.18. The highest BCUT2D eigenvalue weighted by atomic mass is 32.2. The smallest absolute Gasteiger partial charge is 0.261 e. The molecule has 26 heavy (non-hydrogen) atoms. The molecular weight excluding hydrogens is 360 g/mol. The van der Waals surface area contributed by atoms with Crippen LogP contribution in [0.3, 0.4) is 0 Å². The summed E-state index contributed by atoms with van der Waals surface area (Å²) in [5.41, 5.74) is 0.697. The van der Waals surface area contributed by atoms with Crippen molar-refractivity contribution in [2.45, 2.75) is 18.7 Å². The normalized spacial score (nSPS) is 10.9. The molecule has 0 bridgehead atoms. The summed E-state index contributed by atoms with van der Waals surface area (Å²) in [6.07, 6.45) is 0. The Morgan fingerprint density at radius 3 is 2.35 bits per heavy atom. The topological polar surface area (TPSA) is 125 Å². The van der Waals surface area contributed by atoms with Crippen molar-refractivity contribution >= 4 is 33.3 Å². The molecule has 0 aliphatic carbocycles. The number of nitrogens with one attached hydrogen (secondary N) is 2. The zero-order chi connectivity index (χ0) is 19.5. The van der Waals surface area contributed by atoms with Crippen LogP contribution < -0.4 is 19.9 Å². The van der Waals surface area contributed by atoms with Gasteiger partial charge in [0.05, 0.1) is 29.3 Å². The molecule has 0 radical (unpaired) electrons. The van der Waals surface area contributed by atoms with Crippen molar-refractivity contribution in [2.24, 2.45) is 0 Å². The number of carboxylic acid groups (broad SMARTS) is 1. The summed E-state index contributed by atoms with van der Waals surface area (Å²) < 4.78 is 32.7. The average molecular weight is 377 g/mol.